The van der Waals surface area contributed by atoms with Gasteiger partial charge in [0.2, 0.25) is 0 Å². The minimum Gasteiger partial charge on any atom is -0.378 e. The van der Waals surface area contributed by atoms with Crippen molar-refractivity contribution in [1.82, 2.24) is 5.32 Å². The monoisotopic (exact) mass is 178 g/mol. The molecular formula is C6H14N2O4. The zero-order valence-electron chi connectivity index (χ0n) is 7.04. The van der Waals surface area contributed by atoms with Crippen LogP contribution in [-0.4, -0.2) is 39.5 Å². The maximum absolute atomic E-state index is 10.4. The summed E-state index contributed by atoms with van der Waals surface area (Å²) in [6.07, 6.45) is -0.631. The van der Waals surface area contributed by atoms with Crippen LogP contribution in [0, 0.1) is 0 Å². The van der Waals surface area contributed by atoms with E-state index in [0.29, 0.717) is 19.8 Å². The first-order chi connectivity index (χ1) is 5.81. The molecule has 12 heavy (non-hydrogen) atoms. The lowest BCUT2D eigenvalue weighted by atomic mass is 10.7. The van der Waals surface area contributed by atoms with Crippen LogP contribution >= 0.6 is 0 Å². The van der Waals surface area contributed by atoms with E-state index in [1.165, 1.54) is 7.05 Å². The SMILES string of the molecule is CNC(=O)OOCCOCCN. The van der Waals surface area contributed by atoms with Gasteiger partial charge in [0.15, 0.2) is 0 Å². The van der Waals surface area contributed by atoms with Crippen molar-refractivity contribution in [3.63, 3.8) is 0 Å². The van der Waals surface area contributed by atoms with Gasteiger partial charge in [0.05, 0.1) is 13.2 Å². The first kappa shape index (κ1) is 11.2. The molecular weight excluding hydrogens is 164 g/mol. The Balaban J connectivity index is 2.95. The second-order valence-electron chi connectivity index (χ2n) is 1.84. The van der Waals surface area contributed by atoms with Crippen LogP contribution in [0.4, 0.5) is 4.79 Å². The normalized spacial score (nSPS) is 9.50. The minimum atomic E-state index is -0.631. The van der Waals surface area contributed by atoms with Gasteiger partial charge in [0.1, 0.15) is 6.61 Å². The first-order valence-corrected chi connectivity index (χ1v) is 3.60. The number of amides is 1. The molecule has 0 saturated heterocycles. The van der Waals surface area contributed by atoms with Gasteiger partial charge < -0.3 is 15.8 Å². The molecule has 0 saturated carbocycles. The molecule has 0 radical (unpaired) electrons. The van der Waals surface area contributed by atoms with Crippen molar-refractivity contribution in [3.05, 3.63) is 0 Å². The van der Waals surface area contributed by atoms with Gasteiger partial charge in [-0.15, -0.1) is 0 Å². The third-order valence-electron chi connectivity index (χ3n) is 0.912. The zero-order valence-corrected chi connectivity index (χ0v) is 7.04. The number of hydrogen-bond donors (Lipinski definition) is 2. The predicted octanol–water partition coefficient (Wildman–Crippen LogP) is -0.751. The zero-order chi connectivity index (χ0) is 9.23. The Morgan fingerprint density at radius 2 is 2.17 bits per heavy atom. The Morgan fingerprint density at radius 1 is 1.42 bits per heavy atom. The fourth-order valence-corrected chi connectivity index (χ4v) is 0.415. The number of nitrogens with one attached hydrogen (secondary N) is 1. The molecule has 0 bridgehead atoms. The molecule has 0 aliphatic carbocycles. The lowest BCUT2D eigenvalue weighted by Gasteiger charge is -2.02. The molecule has 0 unspecified atom stereocenters. The van der Waals surface area contributed by atoms with Crippen LogP contribution in [-0.2, 0) is 14.5 Å². The summed E-state index contributed by atoms with van der Waals surface area (Å²) in [6, 6.07) is 0. The summed E-state index contributed by atoms with van der Waals surface area (Å²) >= 11 is 0. The van der Waals surface area contributed by atoms with Crippen molar-refractivity contribution >= 4 is 6.09 Å². The standard InChI is InChI=1S/C6H14N2O4/c1-8-6(9)12-11-5-4-10-3-2-7/h2-5,7H2,1H3,(H,8,9). The van der Waals surface area contributed by atoms with E-state index in [0.717, 1.165) is 0 Å². The van der Waals surface area contributed by atoms with E-state index in [-0.39, 0.29) is 6.61 Å². The molecule has 0 heterocycles. The molecule has 0 aliphatic rings. The van der Waals surface area contributed by atoms with E-state index in [1.54, 1.807) is 0 Å². The van der Waals surface area contributed by atoms with Crippen molar-refractivity contribution in [1.29, 1.82) is 0 Å². The van der Waals surface area contributed by atoms with Gasteiger partial charge >= 0.3 is 6.09 Å². The number of carbonyl (C=O) groups excluding carboxylic acids is 1. The largest absolute Gasteiger partial charge is 0.438 e. The van der Waals surface area contributed by atoms with E-state index in [2.05, 4.69) is 15.1 Å². The molecule has 0 aromatic heterocycles. The molecule has 0 aromatic carbocycles. The Morgan fingerprint density at radius 3 is 2.75 bits per heavy atom. The summed E-state index contributed by atoms with van der Waals surface area (Å²) in [5, 5.41) is 2.22. The quantitative estimate of drug-likeness (QED) is 0.317. The topological polar surface area (TPSA) is 82.8 Å². The number of rotatable bonds is 6. The number of ether oxygens (including phenoxy) is 1. The number of carbonyl (C=O) groups is 1. The first-order valence-electron chi connectivity index (χ1n) is 3.60. The van der Waals surface area contributed by atoms with Crippen molar-refractivity contribution in [2.24, 2.45) is 5.73 Å². The number of hydrogen-bond acceptors (Lipinski definition) is 5. The van der Waals surface area contributed by atoms with E-state index in [4.69, 9.17) is 10.5 Å². The minimum absolute atomic E-state index is 0.202. The average Bonchev–Trinajstić information content (AvgIpc) is 2.10. The molecule has 1 amide bonds. The van der Waals surface area contributed by atoms with Gasteiger partial charge in [-0.2, -0.15) is 4.89 Å². The second kappa shape index (κ2) is 8.25. The summed E-state index contributed by atoms with van der Waals surface area (Å²) in [5.41, 5.74) is 5.15. The van der Waals surface area contributed by atoms with Gasteiger partial charge in [-0.3, -0.25) is 4.89 Å². The van der Waals surface area contributed by atoms with Crippen molar-refractivity contribution in [2.75, 3.05) is 33.4 Å². The highest BCUT2D eigenvalue weighted by Gasteiger charge is 1.97. The van der Waals surface area contributed by atoms with Crippen LogP contribution in [0.5, 0.6) is 0 Å². The smallest absolute Gasteiger partial charge is 0.378 e. The Labute approximate surface area is 70.9 Å². The lowest BCUT2D eigenvalue weighted by molar-refractivity contribution is -0.244. The Hall–Kier alpha value is -0.850. The highest BCUT2D eigenvalue weighted by molar-refractivity contribution is 5.65. The molecule has 0 aromatic rings. The molecule has 72 valence electrons. The molecule has 0 rings (SSSR count). The highest BCUT2D eigenvalue weighted by Crippen LogP contribution is 1.80. The molecule has 6 nitrogen and oxygen atoms in total. The van der Waals surface area contributed by atoms with Gasteiger partial charge in [-0.05, 0) is 0 Å². The Kier molecular flexibility index (Phi) is 7.66. The van der Waals surface area contributed by atoms with Crippen LogP contribution in [0.15, 0.2) is 0 Å². The van der Waals surface area contributed by atoms with E-state index >= 15 is 0 Å². The van der Waals surface area contributed by atoms with Crippen LogP contribution < -0.4 is 11.1 Å². The summed E-state index contributed by atoms with van der Waals surface area (Å²) in [4.78, 5) is 19.0. The van der Waals surface area contributed by atoms with Gasteiger partial charge in [0.25, 0.3) is 0 Å². The highest BCUT2D eigenvalue weighted by atomic mass is 17.2. The maximum Gasteiger partial charge on any atom is 0.438 e. The summed E-state index contributed by atoms with van der Waals surface area (Å²) in [7, 11) is 1.44. The summed E-state index contributed by atoms with van der Waals surface area (Å²) < 4.78 is 4.94. The van der Waals surface area contributed by atoms with Gasteiger partial charge in [0, 0.05) is 13.6 Å². The van der Waals surface area contributed by atoms with Crippen LogP contribution in [0.25, 0.3) is 0 Å². The van der Waals surface area contributed by atoms with Crippen molar-refractivity contribution < 1.29 is 19.3 Å². The predicted molar refractivity (Wildman–Crippen MR) is 41.4 cm³/mol. The van der Waals surface area contributed by atoms with Crippen LogP contribution in [0.1, 0.15) is 0 Å². The van der Waals surface area contributed by atoms with E-state index in [1.807, 2.05) is 0 Å². The molecule has 0 atom stereocenters. The van der Waals surface area contributed by atoms with Crippen LogP contribution in [0.2, 0.25) is 0 Å². The van der Waals surface area contributed by atoms with Crippen molar-refractivity contribution in [3.8, 4) is 0 Å². The van der Waals surface area contributed by atoms with Crippen LogP contribution in [0.3, 0.4) is 0 Å². The Bertz CT molecular complexity index is 120. The fourth-order valence-electron chi connectivity index (χ4n) is 0.415. The second-order valence-corrected chi connectivity index (χ2v) is 1.84. The lowest BCUT2D eigenvalue weighted by Crippen LogP contribution is -2.20. The molecule has 0 aliphatic heterocycles. The van der Waals surface area contributed by atoms with Crippen molar-refractivity contribution in [2.45, 2.75) is 0 Å². The molecule has 6 heteroatoms. The van der Waals surface area contributed by atoms with Gasteiger partial charge in [-0.1, -0.05) is 0 Å². The molecule has 3 N–H and O–H groups in total. The van der Waals surface area contributed by atoms with Gasteiger partial charge in [-0.25, -0.2) is 4.79 Å². The summed E-state index contributed by atoms with van der Waals surface area (Å²) in [6.45, 7) is 1.50. The number of nitrogens with two attached hydrogens (primary N) is 1. The van der Waals surface area contributed by atoms with E-state index in [9.17, 15) is 4.79 Å². The maximum atomic E-state index is 10.4. The molecule has 0 spiro atoms. The third-order valence-corrected chi connectivity index (χ3v) is 0.912. The molecule has 0 fully saturated rings. The third kappa shape index (κ3) is 7.26. The summed E-state index contributed by atoms with van der Waals surface area (Å²) in [5.74, 6) is 0. The fraction of sp³-hybridized carbons (Fsp3) is 0.833. The van der Waals surface area contributed by atoms with E-state index < -0.39 is 6.09 Å². The average molecular weight is 178 g/mol.